The number of aromatic hydroxyl groups is 1. The number of nitrogens with one attached hydrogen (secondary N) is 1. The average Bonchev–Trinajstić information content (AvgIpc) is 2.74. The Bertz CT molecular complexity index is 650. The standard InChI is InChI=1S/C11H10N4O4/c1-14-6-7(5-12-14)13-11(17)9-4-8(16)2-3-10(9)15(18)19/h2-6,16H,1H3,(H,13,17). The number of carbonyl (C=O) groups excluding carboxylic acids is 1. The van der Waals surface area contributed by atoms with Crippen LogP contribution in [0.15, 0.2) is 30.6 Å². The number of nitrogens with zero attached hydrogens (tertiary/aromatic N) is 3. The van der Waals surface area contributed by atoms with Gasteiger partial charge in [-0.2, -0.15) is 5.10 Å². The van der Waals surface area contributed by atoms with E-state index in [-0.39, 0.29) is 17.0 Å². The summed E-state index contributed by atoms with van der Waals surface area (Å²) in [7, 11) is 1.67. The number of nitro benzene ring substituents is 1. The van der Waals surface area contributed by atoms with Crippen LogP contribution in [0.4, 0.5) is 11.4 Å². The first-order valence-corrected chi connectivity index (χ1v) is 5.25. The van der Waals surface area contributed by atoms with Crippen LogP contribution in [0.25, 0.3) is 0 Å². The monoisotopic (exact) mass is 262 g/mol. The number of hydrogen-bond acceptors (Lipinski definition) is 5. The van der Waals surface area contributed by atoms with Crippen LogP contribution < -0.4 is 5.32 Å². The van der Waals surface area contributed by atoms with Crippen molar-refractivity contribution in [3.63, 3.8) is 0 Å². The van der Waals surface area contributed by atoms with Crippen molar-refractivity contribution in [2.45, 2.75) is 0 Å². The highest BCUT2D eigenvalue weighted by Crippen LogP contribution is 2.24. The zero-order valence-electron chi connectivity index (χ0n) is 9.90. The minimum absolute atomic E-state index is 0.214. The molecule has 1 aromatic heterocycles. The van der Waals surface area contributed by atoms with E-state index < -0.39 is 10.8 Å². The topological polar surface area (TPSA) is 110 Å². The minimum Gasteiger partial charge on any atom is -0.508 e. The molecule has 1 aromatic carbocycles. The number of phenolic OH excluding ortho intramolecular Hbond substituents is 1. The molecule has 98 valence electrons. The van der Waals surface area contributed by atoms with Crippen molar-refractivity contribution in [3.05, 3.63) is 46.3 Å². The maximum atomic E-state index is 11.9. The third kappa shape index (κ3) is 2.68. The summed E-state index contributed by atoms with van der Waals surface area (Å²) in [6, 6.07) is 3.27. The van der Waals surface area contributed by atoms with Gasteiger partial charge >= 0.3 is 0 Å². The van der Waals surface area contributed by atoms with Gasteiger partial charge in [0.1, 0.15) is 11.3 Å². The van der Waals surface area contributed by atoms with Crippen molar-refractivity contribution < 1.29 is 14.8 Å². The Morgan fingerprint density at radius 1 is 1.53 bits per heavy atom. The molecule has 1 heterocycles. The van der Waals surface area contributed by atoms with Gasteiger partial charge in [0.05, 0.1) is 16.8 Å². The quantitative estimate of drug-likeness (QED) is 0.639. The molecule has 0 spiro atoms. The average molecular weight is 262 g/mol. The maximum Gasteiger partial charge on any atom is 0.282 e. The second-order valence-electron chi connectivity index (χ2n) is 3.82. The van der Waals surface area contributed by atoms with Crippen LogP contribution in [0.5, 0.6) is 5.75 Å². The van der Waals surface area contributed by atoms with Gasteiger partial charge in [0, 0.05) is 19.3 Å². The zero-order valence-corrected chi connectivity index (χ0v) is 9.90. The molecular weight excluding hydrogens is 252 g/mol. The maximum absolute atomic E-state index is 11.9. The molecule has 0 aliphatic rings. The summed E-state index contributed by atoms with van der Waals surface area (Å²) in [5.74, 6) is -0.905. The Hall–Kier alpha value is -2.90. The molecule has 1 amide bonds. The molecule has 2 rings (SSSR count). The van der Waals surface area contributed by atoms with E-state index in [4.69, 9.17) is 0 Å². The third-order valence-electron chi connectivity index (χ3n) is 2.38. The smallest absolute Gasteiger partial charge is 0.282 e. The van der Waals surface area contributed by atoms with E-state index in [9.17, 15) is 20.0 Å². The second kappa shape index (κ2) is 4.77. The van der Waals surface area contributed by atoms with Crippen molar-refractivity contribution in [2.75, 3.05) is 5.32 Å². The zero-order chi connectivity index (χ0) is 14.0. The Balaban J connectivity index is 2.32. The Morgan fingerprint density at radius 2 is 2.26 bits per heavy atom. The molecular formula is C11H10N4O4. The van der Waals surface area contributed by atoms with Gasteiger partial charge in [0.25, 0.3) is 11.6 Å². The molecule has 0 fully saturated rings. The summed E-state index contributed by atoms with van der Waals surface area (Å²) in [6.45, 7) is 0. The first-order valence-electron chi connectivity index (χ1n) is 5.25. The molecule has 2 N–H and O–H groups in total. The fourth-order valence-electron chi connectivity index (χ4n) is 1.55. The van der Waals surface area contributed by atoms with Crippen LogP contribution in [0.2, 0.25) is 0 Å². The van der Waals surface area contributed by atoms with E-state index in [1.54, 1.807) is 13.2 Å². The predicted octanol–water partition coefficient (Wildman–Crippen LogP) is 1.29. The summed E-state index contributed by atoms with van der Waals surface area (Å²) in [5, 5.41) is 26.5. The number of carbonyl (C=O) groups is 1. The number of benzene rings is 1. The van der Waals surface area contributed by atoms with E-state index in [2.05, 4.69) is 10.4 Å². The molecule has 0 saturated heterocycles. The van der Waals surface area contributed by atoms with Gasteiger partial charge < -0.3 is 10.4 Å². The number of amides is 1. The summed E-state index contributed by atoms with van der Waals surface area (Å²) < 4.78 is 1.48. The van der Waals surface area contributed by atoms with Gasteiger partial charge in [-0.3, -0.25) is 19.6 Å². The van der Waals surface area contributed by atoms with Crippen molar-refractivity contribution in [1.29, 1.82) is 0 Å². The lowest BCUT2D eigenvalue weighted by Crippen LogP contribution is -2.13. The number of aromatic nitrogens is 2. The lowest BCUT2D eigenvalue weighted by atomic mass is 10.1. The first-order chi connectivity index (χ1) is 8.97. The van der Waals surface area contributed by atoms with Gasteiger partial charge in [0.2, 0.25) is 0 Å². The van der Waals surface area contributed by atoms with Gasteiger partial charge in [-0.05, 0) is 12.1 Å². The third-order valence-corrected chi connectivity index (χ3v) is 2.38. The van der Waals surface area contributed by atoms with E-state index in [1.165, 1.54) is 10.9 Å². The SMILES string of the molecule is Cn1cc(NC(=O)c2cc(O)ccc2[N+](=O)[O-])cn1. The summed E-state index contributed by atoms with van der Waals surface area (Å²) >= 11 is 0. The Labute approximate surface area is 107 Å². The molecule has 0 radical (unpaired) electrons. The molecule has 0 bridgehead atoms. The van der Waals surface area contributed by atoms with Crippen LogP contribution in [-0.4, -0.2) is 25.7 Å². The molecule has 0 aliphatic heterocycles. The number of rotatable bonds is 3. The lowest BCUT2D eigenvalue weighted by molar-refractivity contribution is -0.385. The molecule has 0 saturated carbocycles. The van der Waals surface area contributed by atoms with Crippen LogP contribution in [0.3, 0.4) is 0 Å². The van der Waals surface area contributed by atoms with Crippen molar-refractivity contribution in [2.24, 2.45) is 7.05 Å². The molecule has 8 nitrogen and oxygen atoms in total. The minimum atomic E-state index is -0.685. The van der Waals surface area contributed by atoms with E-state index in [0.717, 1.165) is 18.2 Å². The van der Waals surface area contributed by atoms with Gasteiger partial charge in [-0.15, -0.1) is 0 Å². The summed E-state index contributed by atoms with van der Waals surface area (Å²) in [5.41, 5.74) is -0.182. The van der Waals surface area contributed by atoms with Crippen molar-refractivity contribution in [1.82, 2.24) is 9.78 Å². The van der Waals surface area contributed by atoms with Crippen LogP contribution >= 0.6 is 0 Å². The number of aryl methyl sites for hydroxylation is 1. The molecule has 0 atom stereocenters. The number of phenols is 1. The largest absolute Gasteiger partial charge is 0.508 e. The number of anilines is 1. The normalized spacial score (nSPS) is 10.2. The summed E-state index contributed by atoms with van der Waals surface area (Å²) in [4.78, 5) is 22.1. The molecule has 8 heteroatoms. The predicted molar refractivity (Wildman–Crippen MR) is 65.9 cm³/mol. The van der Waals surface area contributed by atoms with Crippen molar-refractivity contribution in [3.8, 4) is 5.75 Å². The van der Waals surface area contributed by atoms with E-state index >= 15 is 0 Å². The van der Waals surface area contributed by atoms with Crippen molar-refractivity contribution >= 4 is 17.3 Å². The van der Waals surface area contributed by atoms with E-state index in [0.29, 0.717) is 5.69 Å². The molecule has 0 unspecified atom stereocenters. The van der Waals surface area contributed by atoms with Gasteiger partial charge in [-0.25, -0.2) is 0 Å². The van der Waals surface area contributed by atoms with Crippen LogP contribution in [0.1, 0.15) is 10.4 Å². The van der Waals surface area contributed by atoms with Gasteiger partial charge in [-0.1, -0.05) is 0 Å². The fraction of sp³-hybridized carbons (Fsp3) is 0.0909. The molecule has 19 heavy (non-hydrogen) atoms. The summed E-state index contributed by atoms with van der Waals surface area (Å²) in [6.07, 6.45) is 2.96. The Morgan fingerprint density at radius 3 is 2.84 bits per heavy atom. The highest BCUT2D eigenvalue weighted by Gasteiger charge is 2.21. The number of hydrogen-bond donors (Lipinski definition) is 2. The highest BCUT2D eigenvalue weighted by atomic mass is 16.6. The first kappa shape index (κ1) is 12.6. The molecule has 0 aliphatic carbocycles. The van der Waals surface area contributed by atoms with Gasteiger partial charge in [0.15, 0.2) is 0 Å². The fourth-order valence-corrected chi connectivity index (χ4v) is 1.55. The van der Waals surface area contributed by atoms with Crippen LogP contribution in [0, 0.1) is 10.1 Å². The number of nitro groups is 1. The van der Waals surface area contributed by atoms with E-state index in [1.807, 2.05) is 0 Å². The molecule has 2 aromatic rings. The van der Waals surface area contributed by atoms with Crippen LogP contribution in [-0.2, 0) is 7.05 Å². The second-order valence-corrected chi connectivity index (χ2v) is 3.82. The highest BCUT2D eigenvalue weighted by molar-refractivity contribution is 6.07. The Kier molecular flexibility index (Phi) is 3.15. The lowest BCUT2D eigenvalue weighted by Gasteiger charge is -2.04.